The van der Waals surface area contributed by atoms with E-state index in [-0.39, 0.29) is 20.2 Å². The van der Waals surface area contributed by atoms with Crippen molar-refractivity contribution < 1.29 is 7.96 Å². The Hall–Kier alpha value is 0.492. The molecule has 0 aliphatic rings. The lowest BCUT2D eigenvalue weighted by atomic mass is 10.2. The second kappa shape index (κ2) is 2.63. The van der Waals surface area contributed by atoms with Crippen molar-refractivity contribution in [3.8, 4) is 0 Å². The molecule has 0 bridgehead atoms. The van der Waals surface area contributed by atoms with Crippen LogP contribution in [-0.2, 0) is 0 Å². The first-order valence-electron chi connectivity index (χ1n) is 1.72. The highest BCUT2D eigenvalue weighted by molar-refractivity contribution is 5.75. The molecule has 0 saturated carbocycles. The third kappa shape index (κ3) is 226. The maximum Gasteiger partial charge on any atom is 0.187 e. The first kappa shape index (κ1) is 9.70. The van der Waals surface area contributed by atoms with Crippen LogP contribution in [0.25, 0.3) is 0 Å². The molecular formula is C4H17AlO. The standard InChI is InChI=1S/C4H10O.Al.2H2.3H/c1-4(2,3)5;;;;;;/h5H,1-3H3;;2*1H;;;. The third-order valence-corrected chi connectivity index (χ3v) is 0. The summed E-state index contributed by atoms with van der Waals surface area (Å²) in [5.41, 5.74) is -0.500. The van der Waals surface area contributed by atoms with Gasteiger partial charge >= 0.3 is 0 Å². The van der Waals surface area contributed by atoms with E-state index in [0.29, 0.717) is 0 Å². The van der Waals surface area contributed by atoms with Crippen LogP contribution in [0.5, 0.6) is 0 Å². The van der Waals surface area contributed by atoms with Gasteiger partial charge in [0.2, 0.25) is 0 Å². The molecule has 0 spiro atoms. The van der Waals surface area contributed by atoms with Crippen molar-refractivity contribution in [1.29, 1.82) is 0 Å². The summed E-state index contributed by atoms with van der Waals surface area (Å²) in [4.78, 5) is 0. The van der Waals surface area contributed by atoms with E-state index in [4.69, 9.17) is 5.11 Å². The van der Waals surface area contributed by atoms with Crippen molar-refractivity contribution in [1.82, 2.24) is 0 Å². The Kier molecular flexibility index (Phi) is 4.25. The summed E-state index contributed by atoms with van der Waals surface area (Å²) in [7, 11) is 0. The minimum atomic E-state index is -0.500. The van der Waals surface area contributed by atoms with E-state index in [9.17, 15) is 0 Å². The maximum absolute atomic E-state index is 8.52. The van der Waals surface area contributed by atoms with Gasteiger partial charge in [-0.15, -0.1) is 0 Å². The number of rotatable bonds is 0. The van der Waals surface area contributed by atoms with E-state index in [2.05, 4.69) is 0 Å². The van der Waals surface area contributed by atoms with Gasteiger partial charge in [0.15, 0.2) is 17.4 Å². The summed E-state index contributed by atoms with van der Waals surface area (Å²) >= 11 is 0. The lowest BCUT2D eigenvalue weighted by Crippen LogP contribution is -2.10. The maximum atomic E-state index is 8.52. The van der Waals surface area contributed by atoms with Gasteiger partial charge in [0.25, 0.3) is 0 Å². The van der Waals surface area contributed by atoms with Crippen molar-refractivity contribution >= 4 is 17.4 Å². The van der Waals surface area contributed by atoms with Gasteiger partial charge in [0, 0.05) is 2.85 Å². The largest absolute Gasteiger partial charge is 0.391 e. The Bertz CT molecular complexity index is 29.5. The molecule has 0 heterocycles. The van der Waals surface area contributed by atoms with E-state index >= 15 is 0 Å². The molecule has 2 heteroatoms. The van der Waals surface area contributed by atoms with Crippen LogP contribution in [-0.4, -0.2) is 28.1 Å². The van der Waals surface area contributed by atoms with Gasteiger partial charge in [0.1, 0.15) is 0 Å². The number of aliphatic hydroxyl groups is 1. The average Bonchev–Trinajstić information content (AvgIpc) is 0.722. The van der Waals surface area contributed by atoms with Crippen LogP contribution < -0.4 is 0 Å². The highest BCUT2D eigenvalue weighted by Crippen LogP contribution is 1.93. The summed E-state index contributed by atoms with van der Waals surface area (Å²) in [5, 5.41) is 8.52. The van der Waals surface area contributed by atoms with Crippen LogP contribution in [0.15, 0.2) is 0 Å². The van der Waals surface area contributed by atoms with Crippen molar-refractivity contribution in [3.63, 3.8) is 0 Å². The Morgan fingerprint density at radius 1 is 1.33 bits per heavy atom. The van der Waals surface area contributed by atoms with Crippen LogP contribution in [0.1, 0.15) is 23.6 Å². The zero-order valence-electron chi connectivity index (χ0n) is 3.95. The zero-order valence-corrected chi connectivity index (χ0v) is 3.95. The van der Waals surface area contributed by atoms with Gasteiger partial charge in [0.05, 0.1) is 5.60 Å². The highest BCUT2D eigenvalue weighted by atomic mass is 27.0. The van der Waals surface area contributed by atoms with Gasteiger partial charge < -0.3 is 5.11 Å². The van der Waals surface area contributed by atoms with Crippen molar-refractivity contribution in [3.05, 3.63) is 0 Å². The predicted octanol–water partition coefficient (Wildman–Crippen LogP) is 0.0853. The van der Waals surface area contributed by atoms with E-state index < -0.39 is 5.60 Å². The monoisotopic (exact) mass is 108 g/mol. The summed E-state index contributed by atoms with van der Waals surface area (Å²) < 4.78 is 0. The fourth-order valence-corrected chi connectivity index (χ4v) is 0. The molecule has 6 heavy (non-hydrogen) atoms. The molecule has 0 aromatic carbocycles. The Morgan fingerprint density at radius 2 is 1.33 bits per heavy atom. The van der Waals surface area contributed by atoms with E-state index in [0.717, 1.165) is 0 Å². The van der Waals surface area contributed by atoms with Crippen LogP contribution in [0.3, 0.4) is 0 Å². The second-order valence-corrected chi connectivity index (χ2v) is 2.17. The van der Waals surface area contributed by atoms with Crippen molar-refractivity contribution in [2.45, 2.75) is 26.4 Å². The molecule has 0 unspecified atom stereocenters. The van der Waals surface area contributed by atoms with Crippen molar-refractivity contribution in [2.75, 3.05) is 0 Å². The van der Waals surface area contributed by atoms with Gasteiger partial charge in [-0.25, -0.2) is 0 Å². The van der Waals surface area contributed by atoms with Gasteiger partial charge in [-0.05, 0) is 20.8 Å². The summed E-state index contributed by atoms with van der Waals surface area (Å²) in [6.07, 6.45) is 0. The molecule has 0 aromatic rings. The smallest absolute Gasteiger partial charge is 0.187 e. The minimum Gasteiger partial charge on any atom is -0.391 e. The molecule has 0 aromatic heterocycles. The molecule has 0 aliphatic carbocycles. The molecule has 0 amide bonds. The molecule has 0 fully saturated rings. The van der Waals surface area contributed by atoms with Crippen LogP contribution in [0.2, 0.25) is 0 Å². The number of hydrogen-bond donors (Lipinski definition) is 1. The van der Waals surface area contributed by atoms with E-state index in [1.165, 1.54) is 0 Å². The minimum absolute atomic E-state index is 0. The third-order valence-electron chi connectivity index (χ3n) is 0. The van der Waals surface area contributed by atoms with E-state index in [1.54, 1.807) is 20.8 Å². The van der Waals surface area contributed by atoms with Crippen LogP contribution in [0, 0.1) is 0 Å². The fourth-order valence-electron chi connectivity index (χ4n) is 0. The van der Waals surface area contributed by atoms with E-state index in [1.807, 2.05) is 0 Å². The Morgan fingerprint density at radius 3 is 1.33 bits per heavy atom. The fraction of sp³-hybridized carbons (Fsp3) is 1.00. The predicted molar refractivity (Wildman–Crippen MR) is 36.1 cm³/mol. The highest BCUT2D eigenvalue weighted by Gasteiger charge is 1.97. The van der Waals surface area contributed by atoms with Gasteiger partial charge in [-0.3, -0.25) is 0 Å². The molecule has 0 radical (unpaired) electrons. The zero-order chi connectivity index (χ0) is 4.50. The van der Waals surface area contributed by atoms with Crippen LogP contribution in [0.4, 0.5) is 0 Å². The molecule has 0 saturated heterocycles. The van der Waals surface area contributed by atoms with Gasteiger partial charge in [-0.2, -0.15) is 0 Å². The topological polar surface area (TPSA) is 20.2 Å². The molecule has 1 N–H and O–H groups in total. The van der Waals surface area contributed by atoms with Gasteiger partial charge in [-0.1, -0.05) is 0 Å². The molecule has 0 aliphatic heterocycles. The quantitative estimate of drug-likeness (QED) is 0.436. The molecule has 42 valence electrons. The summed E-state index contributed by atoms with van der Waals surface area (Å²) in [6, 6.07) is 0. The normalized spacial score (nSPS) is 10.0. The second-order valence-electron chi connectivity index (χ2n) is 2.17. The summed E-state index contributed by atoms with van der Waals surface area (Å²) in [5.74, 6) is 0. The first-order chi connectivity index (χ1) is 2.00. The molecule has 1 nitrogen and oxygen atoms in total. The molecule has 0 atom stereocenters. The molecule has 0 rings (SSSR count). The Labute approximate surface area is 52.5 Å². The lowest BCUT2D eigenvalue weighted by Gasteiger charge is -2.04. The SMILES string of the molecule is CC(C)(C)O.[AlH3].[HH].[HH]. The van der Waals surface area contributed by atoms with Crippen molar-refractivity contribution in [2.24, 2.45) is 0 Å². The average molecular weight is 108 g/mol. The molecular weight excluding hydrogens is 91.0 g/mol. The van der Waals surface area contributed by atoms with Crippen LogP contribution >= 0.6 is 0 Å². The Balaban J connectivity index is -0.0000000267. The summed E-state index contributed by atoms with van der Waals surface area (Å²) in [6.45, 7) is 5.23. The number of hydrogen-bond acceptors (Lipinski definition) is 1. The lowest BCUT2D eigenvalue weighted by molar-refractivity contribution is 0.102. The first-order valence-corrected chi connectivity index (χ1v) is 1.72.